The Labute approximate surface area is 157 Å². The van der Waals surface area contributed by atoms with Gasteiger partial charge in [0, 0.05) is 18.3 Å². The van der Waals surface area contributed by atoms with Crippen molar-refractivity contribution in [1.29, 1.82) is 0 Å². The predicted molar refractivity (Wildman–Crippen MR) is 98.9 cm³/mol. The molecular formula is C21H22FN3O2. The van der Waals surface area contributed by atoms with Gasteiger partial charge in [0.15, 0.2) is 5.78 Å². The third-order valence-corrected chi connectivity index (χ3v) is 5.47. The first-order chi connectivity index (χ1) is 13.1. The monoisotopic (exact) mass is 367 g/mol. The molecule has 5 nitrogen and oxygen atoms in total. The fraction of sp³-hybridized carbons (Fsp3) is 0.381. The van der Waals surface area contributed by atoms with Gasteiger partial charge in [-0.2, -0.15) is 0 Å². The van der Waals surface area contributed by atoms with Crippen LogP contribution in [0.1, 0.15) is 39.3 Å². The maximum atomic E-state index is 13.0. The third kappa shape index (κ3) is 3.90. The topological polar surface area (TPSA) is 53.5 Å². The molecule has 1 aromatic heterocycles. The van der Waals surface area contributed by atoms with Crippen molar-refractivity contribution >= 4 is 11.7 Å². The van der Waals surface area contributed by atoms with E-state index in [0.29, 0.717) is 24.6 Å². The van der Waals surface area contributed by atoms with Crippen molar-refractivity contribution in [3.63, 3.8) is 0 Å². The highest BCUT2D eigenvalue weighted by Gasteiger charge is 2.31. The van der Waals surface area contributed by atoms with Gasteiger partial charge in [-0.3, -0.25) is 19.5 Å². The molecule has 0 radical (unpaired) electrons. The largest absolute Gasteiger partial charge is 0.332 e. The van der Waals surface area contributed by atoms with Gasteiger partial charge in [-0.25, -0.2) is 4.39 Å². The molecule has 0 unspecified atom stereocenters. The smallest absolute Gasteiger partial charge is 0.256 e. The number of pyridine rings is 1. The zero-order valence-corrected chi connectivity index (χ0v) is 15.1. The molecule has 2 aliphatic rings. The van der Waals surface area contributed by atoms with Crippen LogP contribution in [0.2, 0.25) is 0 Å². The molecule has 1 saturated heterocycles. The first-order valence-electron chi connectivity index (χ1n) is 9.34. The van der Waals surface area contributed by atoms with Crippen LogP contribution in [-0.2, 0) is 6.54 Å². The molecule has 6 heteroatoms. The van der Waals surface area contributed by atoms with Crippen LogP contribution in [0.3, 0.4) is 0 Å². The van der Waals surface area contributed by atoms with Crippen molar-refractivity contribution in [2.75, 3.05) is 26.2 Å². The van der Waals surface area contributed by atoms with E-state index in [1.807, 2.05) is 11.0 Å². The quantitative estimate of drug-likeness (QED) is 0.763. The van der Waals surface area contributed by atoms with E-state index >= 15 is 0 Å². The summed E-state index contributed by atoms with van der Waals surface area (Å²) in [4.78, 5) is 33.1. The molecule has 0 saturated carbocycles. The summed E-state index contributed by atoms with van der Waals surface area (Å²) in [5.74, 6) is 0.207. The normalized spacial score (nSPS) is 18.0. The number of halogens is 1. The highest BCUT2D eigenvalue weighted by atomic mass is 19.1. The zero-order chi connectivity index (χ0) is 18.8. The molecule has 2 aromatic rings. The fourth-order valence-electron chi connectivity index (χ4n) is 3.90. The van der Waals surface area contributed by atoms with Crippen molar-refractivity contribution in [3.05, 3.63) is 65.2 Å². The second-order valence-electron chi connectivity index (χ2n) is 7.33. The third-order valence-electron chi connectivity index (χ3n) is 5.47. The van der Waals surface area contributed by atoms with Gasteiger partial charge < -0.3 is 4.90 Å². The van der Waals surface area contributed by atoms with Crippen molar-refractivity contribution in [2.24, 2.45) is 5.92 Å². The number of hydrogen-bond acceptors (Lipinski definition) is 4. The van der Waals surface area contributed by atoms with Gasteiger partial charge in [0.1, 0.15) is 5.82 Å². The maximum Gasteiger partial charge on any atom is 0.256 e. The highest BCUT2D eigenvalue weighted by molar-refractivity contribution is 5.98. The van der Waals surface area contributed by atoms with Crippen LogP contribution in [0.5, 0.6) is 0 Å². The van der Waals surface area contributed by atoms with Crippen LogP contribution in [0.15, 0.2) is 42.6 Å². The van der Waals surface area contributed by atoms with Crippen LogP contribution in [0, 0.1) is 11.7 Å². The number of carbonyl (C=O) groups excluding carboxylic acids is 2. The summed E-state index contributed by atoms with van der Waals surface area (Å²) in [6.45, 7) is 3.37. The molecular weight excluding hydrogens is 345 g/mol. The minimum Gasteiger partial charge on any atom is -0.332 e. The highest BCUT2D eigenvalue weighted by Crippen LogP contribution is 2.25. The standard InChI is InChI=1S/C21H22FN3O2/c22-17-5-3-16(4-6-17)20(26)14-24-10-7-15(8-11-24)12-25-13-19-18(21(25)27)2-1-9-23-19/h1-6,9,15H,7-8,10-14H2. The first-order valence-corrected chi connectivity index (χ1v) is 9.34. The van der Waals surface area contributed by atoms with Crippen LogP contribution in [0.25, 0.3) is 0 Å². The molecule has 0 bridgehead atoms. The summed E-state index contributed by atoms with van der Waals surface area (Å²) in [6, 6.07) is 9.36. The number of likely N-dealkylation sites (tertiary alicyclic amines) is 1. The van der Waals surface area contributed by atoms with Gasteiger partial charge in [0.2, 0.25) is 0 Å². The maximum absolute atomic E-state index is 13.0. The van der Waals surface area contributed by atoms with Crippen molar-refractivity contribution in [1.82, 2.24) is 14.8 Å². The van der Waals surface area contributed by atoms with E-state index in [2.05, 4.69) is 9.88 Å². The summed E-state index contributed by atoms with van der Waals surface area (Å²) in [6.07, 6.45) is 3.65. The fourth-order valence-corrected chi connectivity index (χ4v) is 3.90. The lowest BCUT2D eigenvalue weighted by Crippen LogP contribution is -2.41. The zero-order valence-electron chi connectivity index (χ0n) is 15.1. The molecule has 140 valence electrons. The molecule has 0 spiro atoms. The van der Waals surface area contributed by atoms with Gasteiger partial charge in [-0.05, 0) is 68.2 Å². The molecule has 1 fully saturated rings. The van der Waals surface area contributed by atoms with E-state index < -0.39 is 0 Å². The number of aromatic nitrogens is 1. The second-order valence-corrected chi connectivity index (χ2v) is 7.33. The Morgan fingerprint density at radius 1 is 1.15 bits per heavy atom. The van der Waals surface area contributed by atoms with Crippen LogP contribution in [0.4, 0.5) is 4.39 Å². The molecule has 0 N–H and O–H groups in total. The molecule has 3 heterocycles. The van der Waals surface area contributed by atoms with E-state index in [1.54, 1.807) is 12.3 Å². The van der Waals surface area contributed by atoms with Crippen molar-refractivity contribution < 1.29 is 14.0 Å². The van der Waals surface area contributed by atoms with E-state index in [1.165, 1.54) is 24.3 Å². The van der Waals surface area contributed by atoms with E-state index in [0.717, 1.165) is 43.7 Å². The van der Waals surface area contributed by atoms with E-state index in [9.17, 15) is 14.0 Å². The van der Waals surface area contributed by atoms with E-state index in [-0.39, 0.29) is 17.5 Å². The van der Waals surface area contributed by atoms with Gasteiger partial charge in [-0.1, -0.05) is 0 Å². The number of amides is 1. The van der Waals surface area contributed by atoms with Gasteiger partial charge in [0.25, 0.3) is 5.91 Å². The van der Waals surface area contributed by atoms with Crippen LogP contribution in [-0.4, -0.2) is 52.7 Å². The first kappa shape index (κ1) is 17.8. The summed E-state index contributed by atoms with van der Waals surface area (Å²) in [5, 5.41) is 0. The van der Waals surface area contributed by atoms with E-state index in [4.69, 9.17) is 0 Å². The number of carbonyl (C=O) groups is 2. The lowest BCUT2D eigenvalue weighted by molar-refractivity contribution is 0.0707. The Bertz CT molecular complexity index is 845. The number of fused-ring (bicyclic) bond motifs is 1. The summed E-state index contributed by atoms with van der Waals surface area (Å²) in [5.41, 5.74) is 2.14. The number of piperidine rings is 1. The second kappa shape index (κ2) is 7.56. The number of rotatable bonds is 5. The SMILES string of the molecule is O=C(CN1CCC(CN2Cc3ncccc3C2=O)CC1)c1ccc(F)cc1. The number of Topliss-reactive ketones (excluding diaryl/α,β-unsaturated/α-hetero) is 1. The summed E-state index contributed by atoms with van der Waals surface area (Å²) < 4.78 is 13.0. The number of ketones is 1. The van der Waals surface area contributed by atoms with Crippen molar-refractivity contribution in [2.45, 2.75) is 19.4 Å². The molecule has 1 amide bonds. The Balaban J connectivity index is 1.27. The Morgan fingerprint density at radius 3 is 2.59 bits per heavy atom. The lowest BCUT2D eigenvalue weighted by atomic mass is 9.95. The molecule has 1 aromatic carbocycles. The molecule has 4 rings (SSSR count). The van der Waals surface area contributed by atoms with Gasteiger partial charge >= 0.3 is 0 Å². The number of hydrogen-bond donors (Lipinski definition) is 0. The van der Waals surface area contributed by atoms with Crippen LogP contribution >= 0.6 is 0 Å². The predicted octanol–water partition coefficient (Wildman–Crippen LogP) is 2.77. The van der Waals surface area contributed by atoms with Crippen LogP contribution < -0.4 is 0 Å². The summed E-state index contributed by atoms with van der Waals surface area (Å²) in [7, 11) is 0. The molecule has 0 aliphatic carbocycles. The summed E-state index contributed by atoms with van der Waals surface area (Å²) >= 11 is 0. The molecule has 0 atom stereocenters. The number of nitrogens with zero attached hydrogens (tertiary/aromatic N) is 3. The Kier molecular flexibility index (Phi) is 4.99. The van der Waals surface area contributed by atoms with Crippen molar-refractivity contribution in [3.8, 4) is 0 Å². The minimum absolute atomic E-state index is 0.0182. The minimum atomic E-state index is -0.332. The van der Waals surface area contributed by atoms with Gasteiger partial charge in [-0.15, -0.1) is 0 Å². The molecule has 27 heavy (non-hydrogen) atoms. The average Bonchev–Trinajstić information content (AvgIpc) is 3.00. The number of benzene rings is 1. The Hall–Kier alpha value is -2.60. The molecule has 2 aliphatic heterocycles. The lowest BCUT2D eigenvalue weighted by Gasteiger charge is -2.33. The van der Waals surface area contributed by atoms with Gasteiger partial charge in [0.05, 0.1) is 24.3 Å². The Morgan fingerprint density at radius 2 is 1.89 bits per heavy atom. The average molecular weight is 367 g/mol.